The minimum atomic E-state index is -0.190. The highest BCUT2D eigenvalue weighted by molar-refractivity contribution is 5.81. The number of hydrogen-bond donors (Lipinski definition) is 0. The lowest BCUT2D eigenvalue weighted by molar-refractivity contribution is -0.138. The maximum Gasteiger partial charge on any atom is 0.227 e. The van der Waals surface area contributed by atoms with Crippen molar-refractivity contribution in [2.24, 2.45) is 5.41 Å². The van der Waals surface area contributed by atoms with E-state index in [1.807, 2.05) is 25.7 Å². The van der Waals surface area contributed by atoms with Crippen molar-refractivity contribution in [2.45, 2.75) is 41.0 Å². The Hall–Kier alpha value is -0.530. The molecule has 1 aliphatic heterocycles. The van der Waals surface area contributed by atoms with Crippen LogP contribution in [0.25, 0.3) is 0 Å². The molecule has 72 valence electrons. The third-order valence-electron chi connectivity index (χ3n) is 2.03. The zero-order valence-corrected chi connectivity index (χ0v) is 7.68. The van der Waals surface area contributed by atoms with Crippen LogP contribution in [-0.4, -0.2) is 23.9 Å². The predicted molar refractivity (Wildman–Crippen MR) is 52.0 cm³/mol. The van der Waals surface area contributed by atoms with Gasteiger partial charge in [-0.1, -0.05) is 28.2 Å². The fourth-order valence-electron chi connectivity index (χ4n) is 1.39. The molecule has 1 saturated heterocycles. The van der Waals surface area contributed by atoms with E-state index < -0.39 is 0 Å². The van der Waals surface area contributed by atoms with Crippen molar-refractivity contribution in [3.8, 4) is 0 Å². The van der Waals surface area contributed by atoms with E-state index in [0.29, 0.717) is 5.91 Å². The molecule has 0 radical (unpaired) electrons. The quantitative estimate of drug-likeness (QED) is 0.547. The summed E-state index contributed by atoms with van der Waals surface area (Å²) in [6.07, 6.45) is 2.36. The first-order valence-corrected chi connectivity index (χ1v) is 4.31. The van der Waals surface area contributed by atoms with Crippen LogP contribution in [0.1, 0.15) is 41.0 Å². The normalized spacial score (nSPS) is 17.4. The van der Waals surface area contributed by atoms with Crippen molar-refractivity contribution in [1.82, 2.24) is 4.90 Å². The van der Waals surface area contributed by atoms with E-state index in [2.05, 4.69) is 0 Å². The Balaban J connectivity index is 0.00000121. The molecular formula is C10H21NO. The third kappa shape index (κ3) is 2.50. The standard InChI is InChI=1S/C9H17NO.CH4/c1-9(2,3)8(11)10-6-4-5-7-10;/h4-7H2,1-3H3;1H4. The summed E-state index contributed by atoms with van der Waals surface area (Å²) in [6.45, 7) is 7.88. The average molecular weight is 171 g/mol. The first kappa shape index (κ1) is 11.5. The van der Waals surface area contributed by atoms with Crippen molar-refractivity contribution < 1.29 is 4.79 Å². The van der Waals surface area contributed by atoms with Crippen LogP contribution in [0.5, 0.6) is 0 Å². The zero-order valence-electron chi connectivity index (χ0n) is 7.68. The number of carbonyl (C=O) groups excluding carboxylic acids is 1. The van der Waals surface area contributed by atoms with Gasteiger partial charge in [0.2, 0.25) is 5.91 Å². The summed E-state index contributed by atoms with van der Waals surface area (Å²) in [5.74, 6) is 0.301. The van der Waals surface area contributed by atoms with Crippen LogP contribution in [0, 0.1) is 5.41 Å². The zero-order chi connectivity index (χ0) is 8.48. The second-order valence-electron chi connectivity index (χ2n) is 4.25. The van der Waals surface area contributed by atoms with Crippen LogP contribution < -0.4 is 0 Å². The van der Waals surface area contributed by atoms with Crippen molar-refractivity contribution >= 4 is 5.91 Å². The molecule has 1 aliphatic rings. The molecular weight excluding hydrogens is 150 g/mol. The monoisotopic (exact) mass is 171 g/mol. The maximum absolute atomic E-state index is 11.6. The van der Waals surface area contributed by atoms with E-state index in [1.54, 1.807) is 0 Å². The molecule has 1 heterocycles. The number of carbonyl (C=O) groups is 1. The molecule has 12 heavy (non-hydrogen) atoms. The van der Waals surface area contributed by atoms with Crippen LogP contribution in [0.3, 0.4) is 0 Å². The fraction of sp³-hybridized carbons (Fsp3) is 0.900. The van der Waals surface area contributed by atoms with E-state index >= 15 is 0 Å². The lowest BCUT2D eigenvalue weighted by Gasteiger charge is -2.25. The highest BCUT2D eigenvalue weighted by Crippen LogP contribution is 2.20. The number of hydrogen-bond acceptors (Lipinski definition) is 1. The third-order valence-corrected chi connectivity index (χ3v) is 2.03. The lowest BCUT2D eigenvalue weighted by Crippen LogP contribution is -2.37. The van der Waals surface area contributed by atoms with E-state index in [1.165, 1.54) is 12.8 Å². The summed E-state index contributed by atoms with van der Waals surface area (Å²) in [5, 5.41) is 0. The largest absolute Gasteiger partial charge is 0.342 e. The Kier molecular flexibility index (Phi) is 3.75. The van der Waals surface area contributed by atoms with E-state index in [0.717, 1.165) is 13.1 Å². The molecule has 1 rings (SSSR count). The number of likely N-dealkylation sites (tertiary alicyclic amines) is 1. The first-order valence-electron chi connectivity index (χ1n) is 4.31. The molecule has 0 aromatic rings. The van der Waals surface area contributed by atoms with Gasteiger partial charge >= 0.3 is 0 Å². The van der Waals surface area contributed by atoms with Gasteiger partial charge in [-0.15, -0.1) is 0 Å². The highest BCUT2D eigenvalue weighted by atomic mass is 16.2. The van der Waals surface area contributed by atoms with Crippen LogP contribution >= 0.6 is 0 Å². The molecule has 0 saturated carbocycles. The van der Waals surface area contributed by atoms with Crippen molar-refractivity contribution in [1.29, 1.82) is 0 Å². The average Bonchev–Trinajstić information content (AvgIpc) is 2.34. The van der Waals surface area contributed by atoms with Crippen molar-refractivity contribution in [2.75, 3.05) is 13.1 Å². The highest BCUT2D eigenvalue weighted by Gasteiger charge is 2.28. The van der Waals surface area contributed by atoms with Crippen molar-refractivity contribution in [3.05, 3.63) is 0 Å². The molecule has 2 nitrogen and oxygen atoms in total. The molecule has 0 bridgehead atoms. The number of amides is 1. The van der Waals surface area contributed by atoms with Gasteiger partial charge in [0, 0.05) is 18.5 Å². The second-order valence-corrected chi connectivity index (χ2v) is 4.25. The van der Waals surface area contributed by atoms with Crippen LogP contribution in [-0.2, 0) is 4.79 Å². The fourth-order valence-corrected chi connectivity index (χ4v) is 1.39. The molecule has 1 fully saturated rings. The van der Waals surface area contributed by atoms with Crippen LogP contribution in [0.15, 0.2) is 0 Å². The number of rotatable bonds is 0. The van der Waals surface area contributed by atoms with Gasteiger partial charge in [-0.2, -0.15) is 0 Å². The molecule has 0 aromatic carbocycles. The second kappa shape index (κ2) is 3.92. The minimum absolute atomic E-state index is 0. The van der Waals surface area contributed by atoms with Gasteiger partial charge < -0.3 is 4.90 Å². The number of nitrogens with zero attached hydrogens (tertiary/aromatic N) is 1. The summed E-state index contributed by atoms with van der Waals surface area (Å²) in [5.41, 5.74) is -0.190. The first-order chi connectivity index (χ1) is 5.02. The van der Waals surface area contributed by atoms with E-state index in [4.69, 9.17) is 0 Å². The maximum atomic E-state index is 11.6. The summed E-state index contributed by atoms with van der Waals surface area (Å²) in [7, 11) is 0. The summed E-state index contributed by atoms with van der Waals surface area (Å²) >= 11 is 0. The van der Waals surface area contributed by atoms with Crippen molar-refractivity contribution in [3.63, 3.8) is 0 Å². The van der Waals surface area contributed by atoms with Gasteiger partial charge in [0.15, 0.2) is 0 Å². The minimum Gasteiger partial charge on any atom is -0.342 e. The van der Waals surface area contributed by atoms with Gasteiger partial charge in [0.1, 0.15) is 0 Å². The Morgan fingerprint density at radius 2 is 1.58 bits per heavy atom. The van der Waals surface area contributed by atoms with Gasteiger partial charge in [-0.3, -0.25) is 4.79 Å². The van der Waals surface area contributed by atoms with Crippen LogP contribution in [0.4, 0.5) is 0 Å². The molecule has 1 amide bonds. The lowest BCUT2D eigenvalue weighted by atomic mass is 9.95. The Bertz CT molecular complexity index is 152. The molecule has 0 aromatic heterocycles. The Morgan fingerprint density at radius 1 is 1.17 bits per heavy atom. The van der Waals surface area contributed by atoms with E-state index in [-0.39, 0.29) is 12.8 Å². The predicted octanol–water partition coefficient (Wildman–Crippen LogP) is 2.29. The summed E-state index contributed by atoms with van der Waals surface area (Å²) in [4.78, 5) is 13.6. The van der Waals surface area contributed by atoms with Gasteiger partial charge in [0.05, 0.1) is 0 Å². The molecule has 0 unspecified atom stereocenters. The molecule has 0 N–H and O–H groups in total. The summed E-state index contributed by atoms with van der Waals surface area (Å²) in [6, 6.07) is 0. The molecule has 2 heteroatoms. The van der Waals surface area contributed by atoms with Crippen LogP contribution in [0.2, 0.25) is 0 Å². The smallest absolute Gasteiger partial charge is 0.227 e. The topological polar surface area (TPSA) is 20.3 Å². The molecule has 0 atom stereocenters. The van der Waals surface area contributed by atoms with E-state index in [9.17, 15) is 4.79 Å². The van der Waals surface area contributed by atoms with Gasteiger partial charge in [-0.25, -0.2) is 0 Å². The van der Waals surface area contributed by atoms with Gasteiger partial charge in [0.25, 0.3) is 0 Å². The molecule has 0 aliphatic carbocycles. The van der Waals surface area contributed by atoms with Gasteiger partial charge in [-0.05, 0) is 12.8 Å². The Labute approximate surface area is 75.9 Å². The SMILES string of the molecule is C.CC(C)(C)C(=O)N1CCCC1. The summed E-state index contributed by atoms with van der Waals surface area (Å²) < 4.78 is 0. The molecule has 0 spiro atoms. The Morgan fingerprint density at radius 3 is 1.92 bits per heavy atom.